The molecular formula is C18H21FN6OS. The monoisotopic (exact) mass is 388 g/mol. The van der Waals surface area contributed by atoms with Crippen LogP contribution in [0.5, 0.6) is 0 Å². The van der Waals surface area contributed by atoms with E-state index in [9.17, 15) is 9.18 Å². The lowest BCUT2D eigenvalue weighted by Crippen LogP contribution is -2.53. The first-order valence-corrected chi connectivity index (χ1v) is 9.04. The predicted octanol–water partition coefficient (Wildman–Crippen LogP) is 1.30. The fourth-order valence-corrected chi connectivity index (χ4v) is 3.23. The summed E-state index contributed by atoms with van der Waals surface area (Å²) >= 11 is 5.44. The van der Waals surface area contributed by atoms with Gasteiger partial charge in [-0.3, -0.25) is 4.79 Å². The van der Waals surface area contributed by atoms with E-state index in [0.717, 1.165) is 32.4 Å². The van der Waals surface area contributed by atoms with Crippen molar-refractivity contribution in [2.75, 3.05) is 26.2 Å². The van der Waals surface area contributed by atoms with E-state index in [4.69, 9.17) is 17.6 Å². The Balaban J connectivity index is 1.75. The molecule has 3 N–H and O–H groups in total. The Bertz CT molecular complexity index is 861. The van der Waals surface area contributed by atoms with E-state index in [1.165, 1.54) is 10.7 Å². The van der Waals surface area contributed by atoms with Gasteiger partial charge in [0.15, 0.2) is 5.69 Å². The van der Waals surface area contributed by atoms with Crippen LogP contribution in [0, 0.1) is 18.2 Å². The van der Waals surface area contributed by atoms with Gasteiger partial charge in [0, 0.05) is 38.1 Å². The number of hydrogen-bond donors (Lipinski definition) is 3. The van der Waals surface area contributed by atoms with Crippen molar-refractivity contribution in [2.45, 2.75) is 13.0 Å². The van der Waals surface area contributed by atoms with Crippen LogP contribution in [-0.2, 0) is 0 Å². The number of para-hydroxylation sites is 1. The average Bonchev–Trinajstić information content (AvgIpc) is 3.08. The first-order valence-electron chi connectivity index (χ1n) is 8.64. The third kappa shape index (κ3) is 4.20. The molecule has 1 unspecified atom stereocenters. The highest BCUT2D eigenvalue weighted by molar-refractivity contribution is 7.80. The first kappa shape index (κ1) is 19.1. The van der Waals surface area contributed by atoms with Crippen LogP contribution < -0.4 is 10.6 Å². The number of aryl methyl sites for hydroxylation is 1. The van der Waals surface area contributed by atoms with Gasteiger partial charge in [-0.1, -0.05) is 24.4 Å². The lowest BCUT2D eigenvalue weighted by molar-refractivity contribution is 0.0947. The van der Waals surface area contributed by atoms with Crippen LogP contribution in [0.15, 0.2) is 30.3 Å². The molecule has 1 amide bonds. The minimum absolute atomic E-state index is 0.144. The Morgan fingerprint density at radius 3 is 2.78 bits per heavy atom. The fraction of sp³-hybridized carbons (Fsp3) is 0.333. The van der Waals surface area contributed by atoms with Gasteiger partial charge in [-0.05, 0) is 25.1 Å². The number of carbonyl (C=O) groups is 1. The number of nitrogens with zero attached hydrogens (tertiary/aromatic N) is 3. The maximum absolute atomic E-state index is 14.0. The summed E-state index contributed by atoms with van der Waals surface area (Å²) < 4.78 is 15.4. The number of benzene rings is 1. The van der Waals surface area contributed by atoms with Gasteiger partial charge >= 0.3 is 0 Å². The normalized spacial score (nSPS) is 15.3. The lowest BCUT2D eigenvalue weighted by atomic mass is 10.2. The zero-order chi connectivity index (χ0) is 19.4. The van der Waals surface area contributed by atoms with Crippen LogP contribution in [0.25, 0.3) is 5.69 Å². The number of hydrogen-bond acceptors (Lipinski definition) is 5. The van der Waals surface area contributed by atoms with E-state index >= 15 is 0 Å². The van der Waals surface area contributed by atoms with Crippen molar-refractivity contribution >= 4 is 29.3 Å². The van der Waals surface area contributed by atoms with Crippen LogP contribution in [-0.4, -0.2) is 64.0 Å². The second-order valence-corrected chi connectivity index (χ2v) is 6.65. The average molecular weight is 388 g/mol. The molecule has 9 heteroatoms. The van der Waals surface area contributed by atoms with Gasteiger partial charge in [0.1, 0.15) is 22.5 Å². The Hall–Kier alpha value is -2.65. The maximum atomic E-state index is 14.0. The molecule has 2 aromatic rings. The maximum Gasteiger partial charge on any atom is 0.272 e. The van der Waals surface area contributed by atoms with Crippen molar-refractivity contribution in [1.29, 1.82) is 5.41 Å². The molecule has 0 saturated carbocycles. The van der Waals surface area contributed by atoms with Crippen LogP contribution in [0.2, 0.25) is 0 Å². The Morgan fingerprint density at radius 2 is 2.11 bits per heavy atom. The SMILES string of the molecule is Cc1cc(C(=O)NC(C=N)C(=S)N2CCNCC2)nn1-c1ccccc1F. The molecule has 142 valence electrons. The van der Waals surface area contributed by atoms with Gasteiger partial charge in [-0.25, -0.2) is 9.07 Å². The van der Waals surface area contributed by atoms with Gasteiger partial charge in [0.05, 0.1) is 0 Å². The number of rotatable bonds is 5. The summed E-state index contributed by atoms with van der Waals surface area (Å²) in [6.45, 7) is 4.84. The minimum Gasteiger partial charge on any atom is -0.362 e. The molecule has 1 aromatic carbocycles. The van der Waals surface area contributed by atoms with Crippen molar-refractivity contribution in [3.63, 3.8) is 0 Å². The molecule has 1 aliphatic rings. The Kier molecular flexibility index (Phi) is 5.92. The van der Waals surface area contributed by atoms with Crippen LogP contribution in [0.4, 0.5) is 4.39 Å². The summed E-state index contributed by atoms with van der Waals surface area (Å²) in [7, 11) is 0. The molecule has 1 aliphatic heterocycles. The van der Waals surface area contributed by atoms with Crippen molar-refractivity contribution in [1.82, 2.24) is 25.3 Å². The van der Waals surface area contributed by atoms with Crippen molar-refractivity contribution in [2.24, 2.45) is 0 Å². The van der Waals surface area contributed by atoms with Gasteiger partial charge in [-0.2, -0.15) is 5.10 Å². The van der Waals surface area contributed by atoms with Gasteiger partial charge < -0.3 is 20.9 Å². The number of nitrogens with one attached hydrogen (secondary N) is 3. The lowest BCUT2D eigenvalue weighted by Gasteiger charge is -2.32. The highest BCUT2D eigenvalue weighted by atomic mass is 32.1. The number of thiocarbonyl (C=S) groups is 1. The second-order valence-electron chi connectivity index (χ2n) is 6.23. The third-order valence-electron chi connectivity index (χ3n) is 4.35. The Labute approximate surface area is 162 Å². The molecule has 0 aliphatic carbocycles. The topological polar surface area (TPSA) is 86.0 Å². The predicted molar refractivity (Wildman–Crippen MR) is 105 cm³/mol. The number of piperazine rings is 1. The summed E-state index contributed by atoms with van der Waals surface area (Å²) in [6.07, 6.45) is 1.11. The largest absolute Gasteiger partial charge is 0.362 e. The zero-order valence-electron chi connectivity index (χ0n) is 14.9. The molecule has 1 saturated heterocycles. The molecule has 3 rings (SSSR count). The summed E-state index contributed by atoms with van der Waals surface area (Å²) in [4.78, 5) is 15.1. The highest BCUT2D eigenvalue weighted by Crippen LogP contribution is 2.15. The molecule has 1 aromatic heterocycles. The van der Waals surface area contributed by atoms with Crippen LogP contribution in [0.1, 0.15) is 16.2 Å². The van der Waals surface area contributed by atoms with Gasteiger partial charge in [-0.15, -0.1) is 0 Å². The summed E-state index contributed by atoms with van der Waals surface area (Å²) in [5, 5.41) is 17.8. The number of carbonyl (C=O) groups excluding carboxylic acids is 1. The van der Waals surface area contributed by atoms with Gasteiger partial charge in [0.25, 0.3) is 5.91 Å². The second kappa shape index (κ2) is 8.36. The first-order chi connectivity index (χ1) is 13.0. The van der Waals surface area contributed by atoms with E-state index in [1.807, 2.05) is 4.90 Å². The smallest absolute Gasteiger partial charge is 0.272 e. The van der Waals surface area contributed by atoms with E-state index in [0.29, 0.717) is 10.7 Å². The van der Waals surface area contributed by atoms with E-state index < -0.39 is 17.8 Å². The van der Waals surface area contributed by atoms with Crippen molar-refractivity contribution in [3.05, 3.63) is 47.5 Å². The Morgan fingerprint density at radius 1 is 1.41 bits per heavy atom. The van der Waals surface area contributed by atoms with E-state index in [1.54, 1.807) is 31.2 Å². The molecule has 1 atom stereocenters. The molecule has 0 bridgehead atoms. The van der Waals surface area contributed by atoms with Crippen molar-refractivity contribution < 1.29 is 9.18 Å². The van der Waals surface area contributed by atoms with Crippen LogP contribution >= 0.6 is 12.2 Å². The van der Waals surface area contributed by atoms with Gasteiger partial charge in [0.2, 0.25) is 0 Å². The quantitative estimate of drug-likeness (QED) is 0.531. The molecule has 7 nitrogen and oxygen atoms in total. The molecule has 2 heterocycles. The fourth-order valence-electron chi connectivity index (χ4n) is 2.92. The third-order valence-corrected chi connectivity index (χ3v) is 4.86. The minimum atomic E-state index is -0.690. The summed E-state index contributed by atoms with van der Waals surface area (Å²) in [6, 6.07) is 7.12. The molecular weight excluding hydrogens is 367 g/mol. The van der Waals surface area contributed by atoms with Crippen LogP contribution in [0.3, 0.4) is 0 Å². The zero-order valence-corrected chi connectivity index (χ0v) is 15.7. The van der Waals surface area contributed by atoms with Crippen molar-refractivity contribution in [3.8, 4) is 5.69 Å². The standard InChI is InChI=1S/C18H21FN6OS/c1-12-10-14(23-25(12)16-5-3-2-4-13(16)19)17(26)22-15(11-20)18(27)24-8-6-21-7-9-24/h2-5,10-11,15,20-21H,6-9H2,1H3,(H,22,26). The van der Waals surface area contributed by atoms with E-state index in [-0.39, 0.29) is 11.4 Å². The molecule has 27 heavy (non-hydrogen) atoms. The molecule has 1 fully saturated rings. The number of amides is 1. The molecule has 0 radical (unpaired) electrons. The van der Waals surface area contributed by atoms with E-state index in [2.05, 4.69) is 15.7 Å². The highest BCUT2D eigenvalue weighted by Gasteiger charge is 2.24. The summed E-state index contributed by atoms with van der Waals surface area (Å²) in [5.41, 5.74) is 1.04. The number of halogens is 1. The number of aromatic nitrogens is 2. The summed E-state index contributed by atoms with van der Waals surface area (Å²) in [5.74, 6) is -0.882. The molecule has 0 spiro atoms.